The van der Waals surface area contributed by atoms with Crippen molar-refractivity contribution in [2.24, 2.45) is 0 Å². The quantitative estimate of drug-likeness (QED) is 0.775. The van der Waals surface area contributed by atoms with Crippen molar-refractivity contribution in [3.63, 3.8) is 0 Å². The monoisotopic (exact) mass is 345 g/mol. The number of aromatic nitrogens is 2. The Morgan fingerprint density at radius 1 is 1.41 bits per heavy atom. The molecule has 2 aromatic heterocycles. The predicted molar refractivity (Wildman–Crippen MR) is 84.7 cm³/mol. The van der Waals surface area contributed by atoms with Gasteiger partial charge in [0.05, 0.1) is 19.1 Å². The molecule has 22 heavy (non-hydrogen) atoms. The predicted octanol–water partition coefficient (Wildman–Crippen LogP) is 2.20. The zero-order chi connectivity index (χ0) is 16.2. The Hall–Kier alpha value is -1.74. The van der Waals surface area contributed by atoms with E-state index in [0.717, 1.165) is 6.20 Å². The lowest BCUT2D eigenvalue weighted by molar-refractivity contribution is 0.402. The summed E-state index contributed by atoms with van der Waals surface area (Å²) in [6.07, 6.45) is 4.33. The Morgan fingerprint density at radius 2 is 2.18 bits per heavy atom. The number of anilines is 1. The number of pyridine rings is 1. The molecule has 1 N–H and O–H groups in total. The van der Waals surface area contributed by atoms with Crippen molar-refractivity contribution in [2.45, 2.75) is 6.42 Å². The molecular formula is C13H16FN3O3S2. The van der Waals surface area contributed by atoms with Gasteiger partial charge in [0.1, 0.15) is 20.7 Å². The Kier molecular flexibility index (Phi) is 5.30. The standard InChI is InChI=1S/C13H16FN3O3S2/c1-20-11-13(16-4-3-5-22(2,18)19)21-12(17-11)9-6-10(14)8-15-7-9/h6-8,16H,3-5H2,1-2H3. The lowest BCUT2D eigenvalue weighted by Gasteiger charge is -2.04. The van der Waals surface area contributed by atoms with Crippen molar-refractivity contribution < 1.29 is 17.5 Å². The normalized spacial score (nSPS) is 11.4. The van der Waals surface area contributed by atoms with Crippen LogP contribution >= 0.6 is 11.3 Å². The van der Waals surface area contributed by atoms with Crippen LogP contribution in [-0.4, -0.2) is 44.0 Å². The minimum absolute atomic E-state index is 0.113. The number of rotatable bonds is 7. The van der Waals surface area contributed by atoms with Gasteiger partial charge in [-0.05, 0) is 12.5 Å². The molecule has 0 aromatic carbocycles. The number of methoxy groups -OCH3 is 1. The molecule has 0 radical (unpaired) electrons. The van der Waals surface area contributed by atoms with E-state index in [0.29, 0.717) is 34.4 Å². The van der Waals surface area contributed by atoms with Crippen molar-refractivity contribution in [1.82, 2.24) is 9.97 Å². The van der Waals surface area contributed by atoms with Crippen molar-refractivity contribution in [1.29, 1.82) is 0 Å². The van der Waals surface area contributed by atoms with Gasteiger partial charge in [0.2, 0.25) is 5.88 Å². The molecule has 0 unspecified atom stereocenters. The molecule has 0 aliphatic rings. The van der Waals surface area contributed by atoms with Gasteiger partial charge in [-0.15, -0.1) is 0 Å². The molecule has 0 aliphatic carbocycles. The van der Waals surface area contributed by atoms with Crippen LogP contribution in [0.2, 0.25) is 0 Å². The lowest BCUT2D eigenvalue weighted by atomic mass is 10.3. The van der Waals surface area contributed by atoms with E-state index >= 15 is 0 Å². The first-order valence-corrected chi connectivity index (χ1v) is 9.34. The van der Waals surface area contributed by atoms with Crippen LogP contribution in [-0.2, 0) is 9.84 Å². The molecule has 2 aromatic rings. The van der Waals surface area contributed by atoms with Gasteiger partial charge < -0.3 is 10.1 Å². The van der Waals surface area contributed by atoms with Crippen molar-refractivity contribution >= 4 is 26.2 Å². The number of nitrogens with zero attached hydrogens (tertiary/aromatic N) is 2. The minimum atomic E-state index is -2.97. The van der Waals surface area contributed by atoms with E-state index in [4.69, 9.17) is 4.74 Å². The average Bonchev–Trinajstić information content (AvgIpc) is 2.86. The first kappa shape index (κ1) is 16.6. The molecule has 9 heteroatoms. The third kappa shape index (κ3) is 4.63. The van der Waals surface area contributed by atoms with Crippen LogP contribution in [0, 0.1) is 5.82 Å². The summed E-state index contributed by atoms with van der Waals surface area (Å²) in [4.78, 5) is 8.07. The zero-order valence-corrected chi connectivity index (χ0v) is 13.8. The summed E-state index contributed by atoms with van der Waals surface area (Å²) in [5.74, 6) is 0.0693. The molecule has 0 spiro atoms. The summed E-state index contributed by atoms with van der Waals surface area (Å²) in [6.45, 7) is 0.479. The molecular weight excluding hydrogens is 329 g/mol. The fourth-order valence-electron chi connectivity index (χ4n) is 1.74. The van der Waals surface area contributed by atoms with Crippen LogP contribution in [0.5, 0.6) is 5.88 Å². The smallest absolute Gasteiger partial charge is 0.249 e. The Labute approximate surface area is 132 Å². The number of hydrogen-bond donors (Lipinski definition) is 1. The van der Waals surface area contributed by atoms with Crippen LogP contribution < -0.4 is 10.1 Å². The average molecular weight is 345 g/mol. The Morgan fingerprint density at radius 3 is 2.82 bits per heavy atom. The fraction of sp³-hybridized carbons (Fsp3) is 0.385. The fourth-order valence-corrected chi connectivity index (χ4v) is 3.36. The van der Waals surface area contributed by atoms with Crippen LogP contribution in [0.1, 0.15) is 6.42 Å². The van der Waals surface area contributed by atoms with Gasteiger partial charge in [0.25, 0.3) is 0 Å². The molecule has 0 fully saturated rings. The third-order valence-electron chi connectivity index (χ3n) is 2.72. The van der Waals surface area contributed by atoms with E-state index in [1.54, 1.807) is 0 Å². The van der Waals surface area contributed by atoms with Crippen molar-refractivity contribution in [2.75, 3.05) is 31.0 Å². The van der Waals surface area contributed by atoms with Gasteiger partial charge in [-0.3, -0.25) is 4.98 Å². The maximum atomic E-state index is 13.2. The molecule has 120 valence electrons. The molecule has 0 atom stereocenters. The second kappa shape index (κ2) is 7.01. The van der Waals surface area contributed by atoms with Crippen LogP contribution in [0.25, 0.3) is 10.6 Å². The molecule has 2 rings (SSSR count). The highest BCUT2D eigenvalue weighted by atomic mass is 32.2. The molecule has 0 saturated carbocycles. The second-order valence-electron chi connectivity index (χ2n) is 4.66. The van der Waals surface area contributed by atoms with Crippen molar-refractivity contribution in [3.05, 3.63) is 24.3 Å². The molecule has 0 saturated heterocycles. The summed E-state index contributed by atoms with van der Waals surface area (Å²) in [5, 5.41) is 4.35. The largest absolute Gasteiger partial charge is 0.479 e. The van der Waals surface area contributed by atoms with E-state index in [-0.39, 0.29) is 5.75 Å². The van der Waals surface area contributed by atoms with Gasteiger partial charge in [-0.2, -0.15) is 4.98 Å². The Bertz CT molecular complexity index is 747. The highest BCUT2D eigenvalue weighted by Crippen LogP contribution is 2.36. The van der Waals surface area contributed by atoms with Gasteiger partial charge in [0, 0.05) is 24.6 Å². The summed E-state index contributed by atoms with van der Waals surface area (Å²) < 4.78 is 40.6. The Balaban J connectivity index is 2.09. The summed E-state index contributed by atoms with van der Waals surface area (Å²) in [6, 6.07) is 1.35. The molecule has 0 amide bonds. The van der Waals surface area contributed by atoms with Gasteiger partial charge in [0.15, 0.2) is 5.00 Å². The molecule has 0 aliphatic heterocycles. The van der Waals surface area contributed by atoms with E-state index in [1.165, 1.54) is 37.0 Å². The van der Waals surface area contributed by atoms with E-state index < -0.39 is 15.7 Å². The molecule has 6 nitrogen and oxygen atoms in total. The number of hydrogen-bond acceptors (Lipinski definition) is 7. The zero-order valence-electron chi connectivity index (χ0n) is 12.2. The van der Waals surface area contributed by atoms with E-state index in [2.05, 4.69) is 15.3 Å². The van der Waals surface area contributed by atoms with Gasteiger partial charge >= 0.3 is 0 Å². The number of ether oxygens (including phenoxy) is 1. The first-order valence-electron chi connectivity index (χ1n) is 6.46. The number of halogens is 1. The number of sulfone groups is 1. The maximum Gasteiger partial charge on any atom is 0.249 e. The number of thiazole rings is 1. The topological polar surface area (TPSA) is 81.2 Å². The summed E-state index contributed by atoms with van der Waals surface area (Å²) in [5.41, 5.74) is 0.562. The lowest BCUT2D eigenvalue weighted by Crippen LogP contribution is -2.09. The van der Waals surface area contributed by atoms with Crippen LogP contribution in [0.4, 0.5) is 9.39 Å². The minimum Gasteiger partial charge on any atom is -0.479 e. The molecule has 0 bridgehead atoms. The third-order valence-corrected chi connectivity index (χ3v) is 4.79. The second-order valence-corrected chi connectivity index (χ2v) is 7.92. The van der Waals surface area contributed by atoms with E-state index in [9.17, 15) is 12.8 Å². The highest BCUT2D eigenvalue weighted by Gasteiger charge is 2.14. The number of nitrogens with one attached hydrogen (secondary N) is 1. The maximum absolute atomic E-state index is 13.2. The molecule has 2 heterocycles. The van der Waals surface area contributed by atoms with Crippen LogP contribution in [0.3, 0.4) is 0 Å². The highest BCUT2D eigenvalue weighted by molar-refractivity contribution is 7.90. The van der Waals surface area contributed by atoms with Gasteiger partial charge in [-0.25, -0.2) is 12.8 Å². The summed E-state index contributed by atoms with van der Waals surface area (Å²) >= 11 is 1.30. The van der Waals surface area contributed by atoms with Crippen LogP contribution in [0.15, 0.2) is 18.5 Å². The van der Waals surface area contributed by atoms with Crippen molar-refractivity contribution in [3.8, 4) is 16.5 Å². The summed E-state index contributed by atoms with van der Waals surface area (Å²) in [7, 11) is -1.48. The van der Waals surface area contributed by atoms with E-state index in [1.807, 2.05) is 0 Å². The SMILES string of the molecule is COc1nc(-c2cncc(F)c2)sc1NCCCS(C)(=O)=O. The first-order chi connectivity index (χ1) is 10.4. The van der Waals surface area contributed by atoms with Gasteiger partial charge in [-0.1, -0.05) is 11.3 Å².